The van der Waals surface area contributed by atoms with Crippen molar-refractivity contribution in [1.82, 2.24) is 15.2 Å². The summed E-state index contributed by atoms with van der Waals surface area (Å²) in [5.41, 5.74) is 0.627. The molecule has 1 aliphatic heterocycles. The van der Waals surface area contributed by atoms with Gasteiger partial charge in [-0.15, -0.1) is 0 Å². The van der Waals surface area contributed by atoms with Gasteiger partial charge < -0.3 is 5.32 Å². The first-order valence-corrected chi connectivity index (χ1v) is 7.09. The fourth-order valence-corrected chi connectivity index (χ4v) is 2.59. The Balaban J connectivity index is 1.80. The van der Waals surface area contributed by atoms with E-state index < -0.39 is 0 Å². The summed E-state index contributed by atoms with van der Waals surface area (Å²) in [6.45, 7) is 7.47. The van der Waals surface area contributed by atoms with Gasteiger partial charge >= 0.3 is 0 Å². The number of aromatic nitrogens is 1. The van der Waals surface area contributed by atoms with Crippen molar-refractivity contribution in [2.45, 2.75) is 32.7 Å². The van der Waals surface area contributed by atoms with Crippen LogP contribution >= 0.6 is 0 Å². The van der Waals surface area contributed by atoms with Gasteiger partial charge in [0.2, 0.25) is 0 Å². The molecule has 0 spiro atoms. The third kappa shape index (κ3) is 4.03. The van der Waals surface area contributed by atoms with Crippen molar-refractivity contribution in [3.63, 3.8) is 0 Å². The highest BCUT2D eigenvalue weighted by Gasteiger charge is 2.21. The number of hydrogen-bond donors (Lipinski definition) is 1. The Morgan fingerprint density at radius 2 is 2.47 bits per heavy atom. The third-order valence-electron chi connectivity index (χ3n) is 3.79. The molecule has 0 bridgehead atoms. The molecule has 1 N–H and O–H groups in total. The average Bonchev–Trinajstić information content (AvgIpc) is 2.45. The van der Waals surface area contributed by atoms with Crippen molar-refractivity contribution in [1.29, 1.82) is 0 Å². The average molecular weight is 261 g/mol. The van der Waals surface area contributed by atoms with Crippen LogP contribution in [0.3, 0.4) is 0 Å². The van der Waals surface area contributed by atoms with Gasteiger partial charge in [0.15, 0.2) is 0 Å². The number of nitrogens with zero attached hydrogens (tertiary/aromatic N) is 2. The van der Waals surface area contributed by atoms with Crippen LogP contribution in [-0.4, -0.2) is 41.5 Å². The second-order valence-electron chi connectivity index (χ2n) is 5.54. The smallest absolute Gasteiger partial charge is 0.252 e. The molecule has 2 atom stereocenters. The minimum absolute atomic E-state index is 0.0370. The van der Waals surface area contributed by atoms with E-state index in [1.54, 1.807) is 24.5 Å². The molecule has 4 heteroatoms. The molecule has 2 unspecified atom stereocenters. The Morgan fingerprint density at radius 3 is 3.16 bits per heavy atom. The van der Waals surface area contributed by atoms with Crippen LogP contribution in [0.5, 0.6) is 0 Å². The summed E-state index contributed by atoms with van der Waals surface area (Å²) < 4.78 is 0. The number of amides is 1. The van der Waals surface area contributed by atoms with Crippen LogP contribution in [0.25, 0.3) is 0 Å². The summed E-state index contributed by atoms with van der Waals surface area (Å²) in [4.78, 5) is 18.4. The molecule has 0 radical (unpaired) electrons. The summed E-state index contributed by atoms with van der Waals surface area (Å²) in [6, 6.07) is 3.96. The molecule has 1 saturated heterocycles. The monoisotopic (exact) mass is 261 g/mol. The van der Waals surface area contributed by atoms with E-state index in [0.717, 1.165) is 19.0 Å². The number of rotatable bonds is 4. The quantitative estimate of drug-likeness (QED) is 0.901. The fraction of sp³-hybridized carbons (Fsp3) is 0.600. The van der Waals surface area contributed by atoms with Gasteiger partial charge in [0.25, 0.3) is 5.91 Å². The zero-order valence-electron chi connectivity index (χ0n) is 11.8. The van der Waals surface area contributed by atoms with Crippen molar-refractivity contribution in [3.05, 3.63) is 30.1 Å². The second-order valence-corrected chi connectivity index (χ2v) is 5.54. The van der Waals surface area contributed by atoms with Crippen LogP contribution < -0.4 is 5.32 Å². The first-order valence-electron chi connectivity index (χ1n) is 7.09. The summed E-state index contributed by atoms with van der Waals surface area (Å²) >= 11 is 0. The van der Waals surface area contributed by atoms with Crippen LogP contribution in [0.2, 0.25) is 0 Å². The van der Waals surface area contributed by atoms with Crippen LogP contribution in [-0.2, 0) is 0 Å². The molecular formula is C15H23N3O. The van der Waals surface area contributed by atoms with Crippen LogP contribution in [0.4, 0.5) is 0 Å². The maximum atomic E-state index is 11.9. The first-order chi connectivity index (χ1) is 9.16. The molecule has 104 valence electrons. The van der Waals surface area contributed by atoms with Crippen molar-refractivity contribution in [3.8, 4) is 0 Å². The Bertz CT molecular complexity index is 407. The lowest BCUT2D eigenvalue weighted by atomic mass is 9.99. The summed E-state index contributed by atoms with van der Waals surface area (Å²) in [6.07, 6.45) is 5.87. The van der Waals surface area contributed by atoms with Gasteiger partial charge in [0, 0.05) is 31.5 Å². The highest BCUT2D eigenvalue weighted by atomic mass is 16.1. The Morgan fingerprint density at radius 1 is 1.63 bits per heavy atom. The zero-order chi connectivity index (χ0) is 13.7. The highest BCUT2D eigenvalue weighted by molar-refractivity contribution is 5.93. The van der Waals surface area contributed by atoms with Gasteiger partial charge in [-0.05, 0) is 44.4 Å². The SMILES string of the molecule is CC1CCCN(C(C)CNC(=O)c2cccnc2)C1. The summed E-state index contributed by atoms with van der Waals surface area (Å²) in [5.74, 6) is 0.732. The molecule has 1 aromatic rings. The summed E-state index contributed by atoms with van der Waals surface area (Å²) in [7, 11) is 0. The van der Waals surface area contributed by atoms with E-state index in [1.165, 1.54) is 12.8 Å². The maximum Gasteiger partial charge on any atom is 0.252 e. The van der Waals surface area contributed by atoms with E-state index in [-0.39, 0.29) is 5.91 Å². The van der Waals surface area contributed by atoms with Crippen molar-refractivity contribution < 1.29 is 4.79 Å². The molecule has 0 aliphatic carbocycles. The lowest BCUT2D eigenvalue weighted by Gasteiger charge is -2.35. The molecule has 1 amide bonds. The molecule has 2 rings (SSSR count). The lowest BCUT2D eigenvalue weighted by Crippen LogP contribution is -2.46. The molecular weight excluding hydrogens is 238 g/mol. The van der Waals surface area contributed by atoms with Crippen molar-refractivity contribution >= 4 is 5.91 Å². The van der Waals surface area contributed by atoms with E-state index in [1.807, 2.05) is 0 Å². The number of carbonyl (C=O) groups is 1. The van der Waals surface area contributed by atoms with E-state index in [2.05, 4.69) is 29.0 Å². The highest BCUT2D eigenvalue weighted by Crippen LogP contribution is 2.17. The molecule has 2 heterocycles. The Hall–Kier alpha value is -1.42. The molecule has 1 aliphatic rings. The number of carbonyl (C=O) groups excluding carboxylic acids is 1. The summed E-state index contributed by atoms with van der Waals surface area (Å²) in [5, 5.41) is 2.99. The van der Waals surface area contributed by atoms with Gasteiger partial charge in [-0.1, -0.05) is 6.92 Å². The minimum Gasteiger partial charge on any atom is -0.350 e. The molecule has 0 aromatic carbocycles. The second kappa shape index (κ2) is 6.66. The predicted molar refractivity (Wildman–Crippen MR) is 76.0 cm³/mol. The number of piperidine rings is 1. The van der Waals surface area contributed by atoms with Crippen molar-refractivity contribution in [2.24, 2.45) is 5.92 Å². The maximum absolute atomic E-state index is 11.9. The van der Waals surface area contributed by atoms with E-state index in [9.17, 15) is 4.79 Å². The predicted octanol–water partition coefficient (Wildman–Crippen LogP) is 1.93. The van der Waals surface area contributed by atoms with Gasteiger partial charge in [0.05, 0.1) is 5.56 Å². The standard InChI is InChI=1S/C15H23N3O/c1-12-5-4-8-18(11-12)13(2)9-17-15(19)14-6-3-7-16-10-14/h3,6-7,10,12-13H,4-5,8-9,11H2,1-2H3,(H,17,19). The molecule has 19 heavy (non-hydrogen) atoms. The van der Waals surface area contributed by atoms with Crippen LogP contribution in [0.1, 0.15) is 37.0 Å². The molecule has 1 fully saturated rings. The van der Waals surface area contributed by atoms with E-state index in [0.29, 0.717) is 18.2 Å². The van der Waals surface area contributed by atoms with Gasteiger partial charge in [-0.3, -0.25) is 14.7 Å². The lowest BCUT2D eigenvalue weighted by molar-refractivity contribution is 0.0917. The Kier molecular flexibility index (Phi) is 4.91. The van der Waals surface area contributed by atoms with Gasteiger partial charge in [0.1, 0.15) is 0 Å². The molecule has 4 nitrogen and oxygen atoms in total. The zero-order valence-corrected chi connectivity index (χ0v) is 11.8. The third-order valence-corrected chi connectivity index (χ3v) is 3.79. The normalized spacial score (nSPS) is 21.9. The number of likely N-dealkylation sites (tertiary alicyclic amines) is 1. The van der Waals surface area contributed by atoms with Crippen molar-refractivity contribution in [2.75, 3.05) is 19.6 Å². The number of pyridine rings is 1. The van der Waals surface area contributed by atoms with Crippen LogP contribution in [0, 0.1) is 5.92 Å². The number of hydrogen-bond acceptors (Lipinski definition) is 3. The Labute approximate surface area is 115 Å². The molecule has 1 aromatic heterocycles. The number of nitrogens with one attached hydrogen (secondary N) is 1. The molecule has 0 saturated carbocycles. The van der Waals surface area contributed by atoms with Crippen LogP contribution in [0.15, 0.2) is 24.5 Å². The minimum atomic E-state index is -0.0370. The van der Waals surface area contributed by atoms with Gasteiger partial charge in [-0.25, -0.2) is 0 Å². The largest absolute Gasteiger partial charge is 0.350 e. The first kappa shape index (κ1) is 14.0. The van der Waals surface area contributed by atoms with Gasteiger partial charge in [-0.2, -0.15) is 0 Å². The van der Waals surface area contributed by atoms with E-state index in [4.69, 9.17) is 0 Å². The fourth-order valence-electron chi connectivity index (χ4n) is 2.59. The van der Waals surface area contributed by atoms with E-state index >= 15 is 0 Å². The topological polar surface area (TPSA) is 45.2 Å².